The third-order valence-electron chi connectivity index (χ3n) is 6.79. The molecule has 1 N–H and O–H groups in total. The zero-order chi connectivity index (χ0) is 27.5. The standard InChI is InChI=1S/C29H33N7O2S/c1-19(37)31-29-32-24-13-12-23-26(21-7-5-14-30-18-21)33-36(27(23)28(24)39-29)22-10-8-20(9-11-22)17-25(38)35(4)16-6-15-34(2)3/h5,7-11,14,18H,6,12-13,15-17H2,1-4H3,(H,31,32,37). The van der Waals surface area contributed by atoms with E-state index < -0.39 is 0 Å². The molecule has 5 rings (SSSR count). The van der Waals surface area contributed by atoms with Gasteiger partial charge in [-0.3, -0.25) is 14.6 Å². The van der Waals surface area contributed by atoms with Crippen LogP contribution in [0.4, 0.5) is 5.13 Å². The van der Waals surface area contributed by atoms with Crippen molar-refractivity contribution in [1.82, 2.24) is 29.5 Å². The van der Waals surface area contributed by atoms with Crippen LogP contribution in [-0.4, -0.2) is 75.6 Å². The number of nitrogens with zero attached hydrogens (tertiary/aromatic N) is 6. The minimum Gasteiger partial charge on any atom is -0.345 e. The lowest BCUT2D eigenvalue weighted by atomic mass is 9.95. The Kier molecular flexibility index (Phi) is 7.85. The number of hydrogen-bond acceptors (Lipinski definition) is 7. The molecule has 0 aliphatic heterocycles. The van der Waals surface area contributed by atoms with Gasteiger partial charge in [0.05, 0.1) is 34.1 Å². The molecule has 3 aromatic heterocycles. The third kappa shape index (κ3) is 5.91. The van der Waals surface area contributed by atoms with Gasteiger partial charge < -0.3 is 15.1 Å². The van der Waals surface area contributed by atoms with Gasteiger partial charge in [0, 0.05) is 44.0 Å². The second kappa shape index (κ2) is 11.5. The van der Waals surface area contributed by atoms with E-state index >= 15 is 0 Å². The van der Waals surface area contributed by atoms with E-state index in [2.05, 4.69) is 20.2 Å². The molecule has 2 amide bonds. The van der Waals surface area contributed by atoms with Crippen molar-refractivity contribution in [3.05, 3.63) is 65.6 Å². The number of pyridine rings is 1. The van der Waals surface area contributed by atoms with Gasteiger partial charge in [-0.1, -0.05) is 23.5 Å². The molecule has 39 heavy (non-hydrogen) atoms. The van der Waals surface area contributed by atoms with Crippen molar-refractivity contribution < 1.29 is 9.59 Å². The molecule has 0 spiro atoms. The summed E-state index contributed by atoms with van der Waals surface area (Å²) in [5.41, 5.74) is 6.83. The third-order valence-corrected chi connectivity index (χ3v) is 7.81. The number of anilines is 1. The van der Waals surface area contributed by atoms with Gasteiger partial charge in [-0.25, -0.2) is 9.67 Å². The van der Waals surface area contributed by atoms with Crippen molar-refractivity contribution in [2.75, 3.05) is 39.5 Å². The number of carbonyl (C=O) groups excluding carboxylic acids is 2. The Hall–Kier alpha value is -3.89. The number of aromatic nitrogens is 4. The lowest BCUT2D eigenvalue weighted by molar-refractivity contribution is -0.129. The number of amides is 2. The lowest BCUT2D eigenvalue weighted by Crippen LogP contribution is -2.30. The number of nitrogens with one attached hydrogen (secondary N) is 1. The van der Waals surface area contributed by atoms with E-state index in [1.165, 1.54) is 18.3 Å². The van der Waals surface area contributed by atoms with E-state index in [9.17, 15) is 9.59 Å². The van der Waals surface area contributed by atoms with Gasteiger partial charge in [-0.05, 0) is 69.7 Å². The molecule has 4 aromatic rings. The van der Waals surface area contributed by atoms with Crippen LogP contribution in [0.1, 0.15) is 30.2 Å². The van der Waals surface area contributed by atoms with Crippen LogP contribution in [0.25, 0.3) is 27.5 Å². The Bertz CT molecular complexity index is 1480. The summed E-state index contributed by atoms with van der Waals surface area (Å²) in [5, 5.41) is 8.49. The largest absolute Gasteiger partial charge is 0.345 e. The monoisotopic (exact) mass is 543 g/mol. The molecular weight excluding hydrogens is 510 g/mol. The zero-order valence-corrected chi connectivity index (χ0v) is 23.6. The highest BCUT2D eigenvalue weighted by Gasteiger charge is 2.30. The summed E-state index contributed by atoms with van der Waals surface area (Å²) in [6.45, 7) is 3.18. The first-order valence-corrected chi connectivity index (χ1v) is 13.9. The normalized spacial score (nSPS) is 12.2. The van der Waals surface area contributed by atoms with E-state index in [0.29, 0.717) is 11.6 Å². The minimum atomic E-state index is -0.139. The van der Waals surface area contributed by atoms with Crippen LogP contribution in [0, 0.1) is 0 Å². The molecule has 0 unspecified atom stereocenters. The van der Waals surface area contributed by atoms with E-state index in [1.54, 1.807) is 11.1 Å². The Morgan fingerprint density at radius 2 is 1.87 bits per heavy atom. The molecule has 1 aliphatic carbocycles. The van der Waals surface area contributed by atoms with E-state index in [0.717, 1.165) is 76.7 Å². The number of fused-ring (bicyclic) bond motifs is 3. The number of aryl methyl sites for hydroxylation is 1. The quantitative estimate of drug-likeness (QED) is 0.342. The summed E-state index contributed by atoms with van der Waals surface area (Å²) in [7, 11) is 5.94. The van der Waals surface area contributed by atoms with Crippen LogP contribution in [0.5, 0.6) is 0 Å². The summed E-state index contributed by atoms with van der Waals surface area (Å²) in [4.78, 5) is 38.4. The number of hydrogen-bond donors (Lipinski definition) is 1. The van der Waals surface area contributed by atoms with Crippen LogP contribution < -0.4 is 5.32 Å². The molecule has 0 saturated carbocycles. The first-order chi connectivity index (χ1) is 18.8. The second-order valence-electron chi connectivity index (χ2n) is 10.1. The SMILES string of the molecule is CC(=O)Nc1nc2c(s1)-c1c(c(-c3cccnc3)nn1-c1ccc(CC(=O)N(C)CCCN(C)C)cc1)CC2. The van der Waals surface area contributed by atoms with Gasteiger partial charge in [0.25, 0.3) is 0 Å². The molecule has 202 valence electrons. The van der Waals surface area contributed by atoms with Crippen LogP contribution in [0.2, 0.25) is 0 Å². The fourth-order valence-corrected chi connectivity index (χ4v) is 5.92. The smallest absolute Gasteiger partial charge is 0.226 e. The van der Waals surface area contributed by atoms with E-state index in [1.807, 2.05) is 68.4 Å². The molecule has 0 bridgehead atoms. The molecule has 0 fully saturated rings. The van der Waals surface area contributed by atoms with Crippen molar-refractivity contribution in [2.45, 2.75) is 32.6 Å². The molecule has 1 aromatic carbocycles. The van der Waals surface area contributed by atoms with Gasteiger partial charge >= 0.3 is 0 Å². The van der Waals surface area contributed by atoms with Gasteiger partial charge in [0.15, 0.2) is 5.13 Å². The predicted molar refractivity (Wildman–Crippen MR) is 154 cm³/mol. The fraction of sp³-hybridized carbons (Fsp3) is 0.345. The highest BCUT2D eigenvalue weighted by Crippen LogP contribution is 2.44. The number of rotatable bonds is 9. The molecular formula is C29H33N7O2S. The van der Waals surface area contributed by atoms with Gasteiger partial charge in [0.2, 0.25) is 11.8 Å². The zero-order valence-electron chi connectivity index (χ0n) is 22.8. The van der Waals surface area contributed by atoms with Crippen LogP contribution in [-0.2, 0) is 28.9 Å². The molecule has 0 atom stereocenters. The molecule has 3 heterocycles. The number of benzene rings is 1. The molecule has 9 nitrogen and oxygen atoms in total. The molecule has 0 saturated heterocycles. The van der Waals surface area contributed by atoms with Crippen LogP contribution in [0.3, 0.4) is 0 Å². The average Bonchev–Trinajstić information content (AvgIpc) is 3.50. The summed E-state index contributed by atoms with van der Waals surface area (Å²) in [6.07, 6.45) is 6.47. The first-order valence-electron chi connectivity index (χ1n) is 13.1. The predicted octanol–water partition coefficient (Wildman–Crippen LogP) is 4.07. The fourth-order valence-electron chi connectivity index (χ4n) is 4.81. The van der Waals surface area contributed by atoms with Crippen molar-refractivity contribution in [3.63, 3.8) is 0 Å². The second-order valence-corrected chi connectivity index (χ2v) is 11.1. The highest BCUT2D eigenvalue weighted by molar-refractivity contribution is 7.19. The lowest BCUT2D eigenvalue weighted by Gasteiger charge is -2.19. The average molecular weight is 544 g/mol. The van der Waals surface area contributed by atoms with E-state index in [4.69, 9.17) is 5.10 Å². The van der Waals surface area contributed by atoms with E-state index in [-0.39, 0.29) is 11.8 Å². The first kappa shape index (κ1) is 26.7. The Balaban J connectivity index is 1.45. The topological polar surface area (TPSA) is 96.2 Å². The Labute approximate surface area is 232 Å². The van der Waals surface area contributed by atoms with Crippen LogP contribution in [0.15, 0.2) is 48.8 Å². The maximum atomic E-state index is 12.8. The number of carbonyl (C=O) groups is 2. The Morgan fingerprint density at radius 1 is 1.08 bits per heavy atom. The van der Waals surface area contributed by atoms with Crippen LogP contribution >= 0.6 is 11.3 Å². The summed E-state index contributed by atoms with van der Waals surface area (Å²) in [6, 6.07) is 12.0. The number of thiazole rings is 1. The maximum absolute atomic E-state index is 12.8. The Morgan fingerprint density at radius 3 is 2.56 bits per heavy atom. The summed E-state index contributed by atoms with van der Waals surface area (Å²) < 4.78 is 1.96. The van der Waals surface area contributed by atoms with Crippen molar-refractivity contribution >= 4 is 28.3 Å². The van der Waals surface area contributed by atoms with Crippen molar-refractivity contribution in [1.29, 1.82) is 0 Å². The molecule has 1 aliphatic rings. The number of likely N-dealkylation sites (N-methyl/N-ethyl adjacent to an activating group) is 1. The highest BCUT2D eigenvalue weighted by atomic mass is 32.1. The van der Waals surface area contributed by atoms with Gasteiger partial charge in [-0.2, -0.15) is 5.10 Å². The van der Waals surface area contributed by atoms with Gasteiger partial charge in [0.1, 0.15) is 0 Å². The van der Waals surface area contributed by atoms with Crippen molar-refractivity contribution in [2.24, 2.45) is 0 Å². The van der Waals surface area contributed by atoms with Gasteiger partial charge in [-0.15, -0.1) is 0 Å². The summed E-state index contributed by atoms with van der Waals surface area (Å²) >= 11 is 1.47. The maximum Gasteiger partial charge on any atom is 0.226 e. The molecule has 0 radical (unpaired) electrons. The molecule has 10 heteroatoms. The minimum absolute atomic E-state index is 0.108. The summed E-state index contributed by atoms with van der Waals surface area (Å²) in [5.74, 6) is -0.0315. The van der Waals surface area contributed by atoms with Crippen molar-refractivity contribution in [3.8, 4) is 27.5 Å².